The summed E-state index contributed by atoms with van der Waals surface area (Å²) in [5.74, 6) is 4.19. The van der Waals surface area contributed by atoms with Gasteiger partial charge in [-0.3, -0.25) is 0 Å². The molecule has 0 amide bonds. The van der Waals surface area contributed by atoms with Gasteiger partial charge >= 0.3 is 5.97 Å². The van der Waals surface area contributed by atoms with Gasteiger partial charge in [0.05, 0.1) is 0 Å². The minimum atomic E-state index is -0.748. The lowest BCUT2D eigenvalue weighted by atomic mass is 9.91. The molecule has 4 nitrogen and oxygen atoms in total. The van der Waals surface area contributed by atoms with Gasteiger partial charge in [0.1, 0.15) is 5.70 Å². The maximum atomic E-state index is 11.6. The van der Waals surface area contributed by atoms with Crippen molar-refractivity contribution in [2.24, 2.45) is 11.6 Å². The van der Waals surface area contributed by atoms with Crippen molar-refractivity contribution in [3.63, 3.8) is 0 Å². The first kappa shape index (κ1) is 15.2. The van der Waals surface area contributed by atoms with E-state index in [0.717, 1.165) is 32.5 Å². The molecular formula is C21H16N2O2. The van der Waals surface area contributed by atoms with Crippen molar-refractivity contribution in [3.8, 4) is 0 Å². The molecule has 0 aliphatic heterocycles. The van der Waals surface area contributed by atoms with Gasteiger partial charge in [0.2, 0.25) is 0 Å². The van der Waals surface area contributed by atoms with Crippen molar-refractivity contribution in [2.75, 3.05) is 0 Å². The summed E-state index contributed by atoms with van der Waals surface area (Å²) in [4.78, 5) is 15.8. The highest BCUT2D eigenvalue weighted by Gasteiger charge is 2.12. The van der Waals surface area contributed by atoms with Crippen LogP contribution in [0.15, 0.2) is 72.4 Å². The van der Waals surface area contributed by atoms with E-state index in [0.29, 0.717) is 0 Å². The minimum Gasteiger partial charge on any atom is -0.393 e. The van der Waals surface area contributed by atoms with Crippen LogP contribution in [0, 0.1) is 0 Å². The van der Waals surface area contributed by atoms with E-state index in [4.69, 9.17) is 11.6 Å². The zero-order chi connectivity index (χ0) is 17.4. The number of carbonyl (C=O) groups is 1. The van der Waals surface area contributed by atoms with Gasteiger partial charge in [-0.2, -0.15) is 5.90 Å². The van der Waals surface area contributed by atoms with E-state index >= 15 is 0 Å². The topological polar surface area (TPSA) is 78.3 Å². The van der Waals surface area contributed by atoms with Crippen molar-refractivity contribution >= 4 is 44.4 Å². The molecule has 0 aliphatic carbocycles. The van der Waals surface area contributed by atoms with Gasteiger partial charge in [-0.05, 0) is 44.0 Å². The molecule has 0 aromatic heterocycles. The highest BCUT2D eigenvalue weighted by Crippen LogP contribution is 2.37. The second-order valence-corrected chi connectivity index (χ2v) is 5.87. The molecule has 4 N–H and O–H groups in total. The zero-order valence-electron chi connectivity index (χ0n) is 13.4. The molecular weight excluding hydrogens is 312 g/mol. The highest BCUT2D eigenvalue weighted by molar-refractivity contribution is 6.27. The van der Waals surface area contributed by atoms with Crippen LogP contribution in [0.5, 0.6) is 0 Å². The number of benzene rings is 4. The SMILES string of the molecule is NOC(=O)C(N)=Cc1cccc2c3ccccc3c3ccccc3c12. The van der Waals surface area contributed by atoms with E-state index in [1.54, 1.807) is 6.08 Å². The van der Waals surface area contributed by atoms with E-state index in [1.807, 2.05) is 36.4 Å². The molecule has 4 aromatic carbocycles. The number of hydrogen-bond donors (Lipinski definition) is 2. The van der Waals surface area contributed by atoms with Gasteiger partial charge in [0, 0.05) is 0 Å². The van der Waals surface area contributed by atoms with Crippen LogP contribution in [0.1, 0.15) is 5.56 Å². The van der Waals surface area contributed by atoms with Crippen LogP contribution in [-0.2, 0) is 9.63 Å². The Balaban J connectivity index is 2.19. The van der Waals surface area contributed by atoms with Gasteiger partial charge < -0.3 is 10.6 Å². The van der Waals surface area contributed by atoms with Gasteiger partial charge in [-0.1, -0.05) is 66.7 Å². The molecule has 0 bridgehead atoms. The lowest BCUT2D eigenvalue weighted by Gasteiger charge is -2.12. The van der Waals surface area contributed by atoms with E-state index < -0.39 is 5.97 Å². The summed E-state index contributed by atoms with van der Waals surface area (Å²) < 4.78 is 0. The lowest BCUT2D eigenvalue weighted by Crippen LogP contribution is -2.17. The molecule has 0 saturated heterocycles. The molecule has 122 valence electrons. The second kappa shape index (κ2) is 5.92. The van der Waals surface area contributed by atoms with Gasteiger partial charge in [0.15, 0.2) is 0 Å². The highest BCUT2D eigenvalue weighted by atomic mass is 16.7. The largest absolute Gasteiger partial charge is 0.393 e. The fourth-order valence-corrected chi connectivity index (χ4v) is 3.40. The zero-order valence-corrected chi connectivity index (χ0v) is 13.4. The van der Waals surface area contributed by atoms with Crippen molar-refractivity contribution in [1.29, 1.82) is 0 Å². The van der Waals surface area contributed by atoms with Crippen LogP contribution < -0.4 is 11.6 Å². The van der Waals surface area contributed by atoms with Crippen molar-refractivity contribution in [2.45, 2.75) is 0 Å². The summed E-state index contributed by atoms with van der Waals surface area (Å²) in [6.07, 6.45) is 1.61. The summed E-state index contributed by atoms with van der Waals surface area (Å²) >= 11 is 0. The van der Waals surface area contributed by atoms with Crippen molar-refractivity contribution < 1.29 is 9.63 Å². The number of nitrogens with two attached hydrogens (primary N) is 2. The number of hydrogen-bond acceptors (Lipinski definition) is 4. The molecule has 0 atom stereocenters. The molecule has 4 aromatic rings. The summed E-state index contributed by atoms with van der Waals surface area (Å²) in [5, 5.41) is 6.78. The lowest BCUT2D eigenvalue weighted by molar-refractivity contribution is -0.139. The molecule has 0 fully saturated rings. The molecule has 0 spiro atoms. The van der Waals surface area contributed by atoms with Gasteiger partial charge in [-0.15, -0.1) is 0 Å². The summed E-state index contributed by atoms with van der Waals surface area (Å²) in [7, 11) is 0. The van der Waals surface area contributed by atoms with Crippen LogP contribution in [0.25, 0.3) is 38.4 Å². The van der Waals surface area contributed by atoms with Gasteiger partial charge in [-0.25, -0.2) is 4.79 Å². The summed E-state index contributed by atoms with van der Waals surface area (Å²) in [5.41, 5.74) is 6.63. The van der Waals surface area contributed by atoms with Crippen LogP contribution >= 0.6 is 0 Å². The Morgan fingerprint density at radius 3 is 1.80 bits per heavy atom. The molecule has 0 unspecified atom stereocenters. The Bertz CT molecular complexity index is 1120. The number of fused-ring (bicyclic) bond motifs is 6. The Labute approximate surface area is 144 Å². The van der Waals surface area contributed by atoms with Gasteiger partial charge in [0.25, 0.3) is 0 Å². The predicted octanol–water partition coefficient (Wildman–Crippen LogP) is 3.86. The second-order valence-electron chi connectivity index (χ2n) is 5.87. The van der Waals surface area contributed by atoms with E-state index in [1.165, 1.54) is 5.39 Å². The molecule has 0 heterocycles. The number of rotatable bonds is 2. The van der Waals surface area contributed by atoms with Crippen molar-refractivity contribution in [3.05, 3.63) is 78.0 Å². The normalized spacial score (nSPS) is 12.0. The fourth-order valence-electron chi connectivity index (χ4n) is 3.40. The van der Waals surface area contributed by atoms with Crippen LogP contribution in [-0.4, -0.2) is 5.97 Å². The Morgan fingerprint density at radius 2 is 1.24 bits per heavy atom. The number of carbonyl (C=O) groups excluding carboxylic acids is 1. The maximum absolute atomic E-state index is 11.6. The summed E-state index contributed by atoms with van der Waals surface area (Å²) in [6, 6.07) is 22.5. The maximum Gasteiger partial charge on any atom is 0.372 e. The average molecular weight is 328 g/mol. The Hall–Kier alpha value is -3.37. The average Bonchev–Trinajstić information content (AvgIpc) is 2.67. The van der Waals surface area contributed by atoms with Crippen LogP contribution in [0.4, 0.5) is 0 Å². The molecule has 0 saturated carbocycles. The third-order valence-corrected chi connectivity index (χ3v) is 4.45. The minimum absolute atomic E-state index is 0.0350. The molecule has 0 radical (unpaired) electrons. The standard InChI is InChI=1S/C21H16N2O2/c22-19(21(24)25-23)12-13-6-5-11-18-16-8-2-1-7-14(16)15-9-3-4-10-17(15)20(13)18/h1-12H,22-23H2. The van der Waals surface area contributed by atoms with E-state index in [-0.39, 0.29) is 5.70 Å². The monoisotopic (exact) mass is 328 g/mol. The quantitative estimate of drug-likeness (QED) is 0.333. The fraction of sp³-hybridized carbons (Fsp3) is 0. The van der Waals surface area contributed by atoms with Crippen LogP contribution in [0.3, 0.4) is 0 Å². The Morgan fingerprint density at radius 1 is 0.760 bits per heavy atom. The van der Waals surface area contributed by atoms with E-state index in [9.17, 15) is 4.79 Å². The van der Waals surface area contributed by atoms with Crippen LogP contribution in [0.2, 0.25) is 0 Å². The third kappa shape index (κ3) is 2.40. The molecule has 0 aliphatic rings. The first-order chi connectivity index (χ1) is 12.2. The third-order valence-electron chi connectivity index (χ3n) is 4.45. The predicted molar refractivity (Wildman–Crippen MR) is 101 cm³/mol. The molecule has 4 heteroatoms. The molecule has 25 heavy (non-hydrogen) atoms. The molecule has 4 rings (SSSR count). The van der Waals surface area contributed by atoms with Crippen molar-refractivity contribution in [1.82, 2.24) is 0 Å². The summed E-state index contributed by atoms with van der Waals surface area (Å²) in [6.45, 7) is 0. The first-order valence-electron chi connectivity index (χ1n) is 7.91. The van der Waals surface area contributed by atoms with E-state index in [2.05, 4.69) is 35.2 Å². The first-order valence-corrected chi connectivity index (χ1v) is 7.91. The Kier molecular flexibility index (Phi) is 3.60. The smallest absolute Gasteiger partial charge is 0.372 e.